The minimum Gasteiger partial charge on any atom is -0.460 e. The molecule has 1 fully saturated rings. The number of benzene rings is 1. The van der Waals surface area contributed by atoms with Crippen molar-refractivity contribution >= 4 is 17.5 Å². The Morgan fingerprint density at radius 2 is 1.97 bits per heavy atom. The molecular weight excluding hydrogens is 424 g/mol. The van der Waals surface area contributed by atoms with Crippen molar-refractivity contribution in [1.29, 1.82) is 0 Å². The van der Waals surface area contributed by atoms with Crippen molar-refractivity contribution < 1.29 is 19.2 Å². The summed E-state index contributed by atoms with van der Waals surface area (Å²) in [6, 6.07) is 6.62. The van der Waals surface area contributed by atoms with Gasteiger partial charge >= 0.3 is 5.97 Å². The van der Waals surface area contributed by atoms with Crippen molar-refractivity contribution in [2.75, 3.05) is 25.6 Å². The number of anilines is 1. The van der Waals surface area contributed by atoms with Gasteiger partial charge in [0.15, 0.2) is 0 Å². The number of carbonyl (C=O) groups is 1. The Hall–Kier alpha value is -3.20. The standard InChI is InChI=1S/C24H30N4O5/c1-15-19(24(29)33-14-13-32-3)20(17-11-7-8-12-18(17)28(30)31)21-22(16-9-5-4-6-10-16)26-27(2)23(21)25-15/h7-8,11-12,16,20,25H,4-6,9-10,13-14H2,1-3H3. The van der Waals surface area contributed by atoms with Crippen LogP contribution in [0, 0.1) is 10.1 Å². The fourth-order valence-electron chi connectivity index (χ4n) is 5.05. The van der Waals surface area contributed by atoms with Crippen molar-refractivity contribution in [3.63, 3.8) is 0 Å². The maximum absolute atomic E-state index is 13.3. The molecule has 1 unspecified atom stereocenters. The SMILES string of the molecule is COCCOC(=O)C1=C(C)Nc2c(c(C3CCCCC3)nn2C)C1c1ccccc1[N+](=O)[O-]. The smallest absolute Gasteiger partial charge is 0.336 e. The van der Waals surface area contributed by atoms with Crippen molar-refractivity contribution in [1.82, 2.24) is 9.78 Å². The first-order chi connectivity index (χ1) is 15.9. The van der Waals surface area contributed by atoms with Crippen LogP contribution < -0.4 is 5.32 Å². The number of fused-ring (bicyclic) bond motifs is 1. The van der Waals surface area contributed by atoms with Gasteiger partial charge in [-0.1, -0.05) is 37.5 Å². The summed E-state index contributed by atoms with van der Waals surface area (Å²) in [6.45, 7) is 2.17. The molecule has 1 aromatic carbocycles. The Balaban J connectivity index is 1.90. The minimum atomic E-state index is -0.650. The van der Waals surface area contributed by atoms with E-state index in [1.54, 1.807) is 29.8 Å². The molecule has 2 heterocycles. The highest BCUT2D eigenvalue weighted by molar-refractivity contribution is 5.95. The fourth-order valence-corrected chi connectivity index (χ4v) is 5.05. The Kier molecular flexibility index (Phi) is 6.78. The number of nitrogens with zero attached hydrogens (tertiary/aromatic N) is 3. The van der Waals surface area contributed by atoms with Gasteiger partial charge in [0.25, 0.3) is 5.69 Å². The van der Waals surface area contributed by atoms with Crippen LogP contribution in [0.3, 0.4) is 0 Å². The van der Waals surface area contributed by atoms with E-state index in [0.717, 1.165) is 42.8 Å². The topological polar surface area (TPSA) is 109 Å². The van der Waals surface area contributed by atoms with Crippen LogP contribution in [0.1, 0.15) is 67.7 Å². The second-order valence-corrected chi connectivity index (χ2v) is 8.65. The summed E-state index contributed by atoms with van der Waals surface area (Å²) in [5.41, 5.74) is 3.17. The van der Waals surface area contributed by atoms with Crippen LogP contribution in [0.5, 0.6) is 0 Å². The van der Waals surface area contributed by atoms with Gasteiger partial charge in [-0.3, -0.25) is 14.8 Å². The summed E-state index contributed by atoms with van der Waals surface area (Å²) >= 11 is 0. The summed E-state index contributed by atoms with van der Waals surface area (Å²) in [6.07, 6.45) is 5.49. The third kappa shape index (κ3) is 4.37. The zero-order valence-corrected chi connectivity index (χ0v) is 19.3. The average molecular weight is 455 g/mol. The molecule has 0 saturated heterocycles. The van der Waals surface area contributed by atoms with Gasteiger partial charge in [0.1, 0.15) is 12.4 Å². The number of aromatic nitrogens is 2. The molecule has 1 aliphatic heterocycles. The van der Waals surface area contributed by atoms with Gasteiger partial charge in [0.05, 0.1) is 28.7 Å². The normalized spacial score (nSPS) is 18.6. The molecular formula is C24H30N4O5. The number of nitrogens with one attached hydrogen (secondary N) is 1. The molecule has 0 radical (unpaired) electrons. The van der Waals surface area contributed by atoms with E-state index < -0.39 is 16.8 Å². The van der Waals surface area contributed by atoms with Crippen LogP contribution >= 0.6 is 0 Å². The first-order valence-corrected chi connectivity index (χ1v) is 11.4. The second-order valence-electron chi connectivity index (χ2n) is 8.65. The van der Waals surface area contributed by atoms with E-state index in [1.165, 1.54) is 19.6 Å². The molecule has 9 heteroatoms. The second kappa shape index (κ2) is 9.74. The first-order valence-electron chi connectivity index (χ1n) is 11.4. The highest BCUT2D eigenvalue weighted by Gasteiger charge is 2.41. The molecule has 1 aliphatic carbocycles. The van der Waals surface area contributed by atoms with Gasteiger partial charge in [0, 0.05) is 43.0 Å². The van der Waals surface area contributed by atoms with E-state index in [9.17, 15) is 14.9 Å². The van der Waals surface area contributed by atoms with E-state index in [1.807, 2.05) is 7.05 Å². The first kappa shape index (κ1) is 23.0. The van der Waals surface area contributed by atoms with Gasteiger partial charge in [-0.25, -0.2) is 4.79 Å². The zero-order valence-electron chi connectivity index (χ0n) is 19.3. The van der Waals surface area contributed by atoms with Gasteiger partial charge < -0.3 is 14.8 Å². The molecule has 9 nitrogen and oxygen atoms in total. The lowest BCUT2D eigenvalue weighted by Crippen LogP contribution is -2.26. The lowest BCUT2D eigenvalue weighted by Gasteiger charge is -2.30. The molecule has 1 saturated carbocycles. The van der Waals surface area contributed by atoms with Gasteiger partial charge in [-0.05, 0) is 19.8 Å². The molecule has 0 spiro atoms. The average Bonchev–Trinajstić information content (AvgIpc) is 3.14. The molecule has 2 aliphatic rings. The predicted molar refractivity (Wildman–Crippen MR) is 123 cm³/mol. The van der Waals surface area contributed by atoms with Gasteiger partial charge in [-0.15, -0.1) is 0 Å². The number of allylic oxidation sites excluding steroid dienone is 1. The number of esters is 1. The molecule has 0 bridgehead atoms. The number of carbonyl (C=O) groups excluding carboxylic acids is 1. The summed E-state index contributed by atoms with van der Waals surface area (Å²) in [4.78, 5) is 24.8. The number of hydrogen-bond donors (Lipinski definition) is 1. The van der Waals surface area contributed by atoms with Crippen LogP contribution in [0.4, 0.5) is 11.5 Å². The highest BCUT2D eigenvalue weighted by atomic mass is 16.6. The van der Waals surface area contributed by atoms with E-state index >= 15 is 0 Å². The zero-order chi connectivity index (χ0) is 23.5. The van der Waals surface area contributed by atoms with Crippen LogP contribution in [-0.2, 0) is 21.3 Å². The largest absolute Gasteiger partial charge is 0.460 e. The molecule has 1 aromatic heterocycles. The number of aryl methyl sites for hydroxylation is 1. The van der Waals surface area contributed by atoms with Crippen molar-refractivity contribution in [3.05, 3.63) is 62.5 Å². The Morgan fingerprint density at radius 1 is 1.24 bits per heavy atom. The summed E-state index contributed by atoms with van der Waals surface area (Å²) < 4.78 is 12.3. The maximum Gasteiger partial charge on any atom is 0.336 e. The molecule has 1 atom stereocenters. The molecule has 176 valence electrons. The van der Waals surface area contributed by atoms with E-state index in [4.69, 9.17) is 14.6 Å². The number of nitro groups is 1. The van der Waals surface area contributed by atoms with Crippen molar-refractivity contribution in [2.24, 2.45) is 7.05 Å². The number of rotatable bonds is 7. The van der Waals surface area contributed by atoms with Crippen LogP contribution in [-0.4, -0.2) is 41.0 Å². The number of methoxy groups -OCH3 is 1. The quantitative estimate of drug-likeness (QED) is 0.286. The van der Waals surface area contributed by atoms with E-state index in [-0.39, 0.29) is 24.8 Å². The lowest BCUT2D eigenvalue weighted by molar-refractivity contribution is -0.385. The molecule has 1 N–H and O–H groups in total. The Labute approximate surface area is 192 Å². The minimum absolute atomic E-state index is 0.0243. The highest BCUT2D eigenvalue weighted by Crippen LogP contribution is 2.49. The van der Waals surface area contributed by atoms with Crippen molar-refractivity contribution in [2.45, 2.75) is 50.9 Å². The summed E-state index contributed by atoms with van der Waals surface area (Å²) in [7, 11) is 3.40. The summed E-state index contributed by atoms with van der Waals surface area (Å²) in [5.74, 6) is -0.137. The summed E-state index contributed by atoms with van der Waals surface area (Å²) in [5, 5.41) is 20.1. The molecule has 0 amide bonds. The van der Waals surface area contributed by atoms with Crippen LogP contribution in [0.25, 0.3) is 0 Å². The monoisotopic (exact) mass is 454 g/mol. The van der Waals surface area contributed by atoms with E-state index in [2.05, 4.69) is 5.32 Å². The van der Waals surface area contributed by atoms with Gasteiger partial charge in [-0.2, -0.15) is 5.10 Å². The van der Waals surface area contributed by atoms with Crippen LogP contribution in [0.15, 0.2) is 35.5 Å². The molecule has 33 heavy (non-hydrogen) atoms. The third-order valence-electron chi connectivity index (χ3n) is 6.58. The molecule has 4 rings (SSSR count). The van der Waals surface area contributed by atoms with E-state index in [0.29, 0.717) is 16.8 Å². The Morgan fingerprint density at radius 3 is 2.67 bits per heavy atom. The maximum atomic E-state index is 13.3. The van der Waals surface area contributed by atoms with Crippen LogP contribution in [0.2, 0.25) is 0 Å². The number of ether oxygens (including phenoxy) is 2. The van der Waals surface area contributed by atoms with Gasteiger partial charge in [0.2, 0.25) is 0 Å². The lowest BCUT2D eigenvalue weighted by atomic mass is 9.76. The van der Waals surface area contributed by atoms with Crippen molar-refractivity contribution in [3.8, 4) is 0 Å². The Bertz CT molecular complexity index is 1080. The number of nitro benzene ring substituents is 1. The number of hydrogen-bond acceptors (Lipinski definition) is 7. The predicted octanol–water partition coefficient (Wildman–Crippen LogP) is 4.40. The number of para-hydroxylation sites is 1. The third-order valence-corrected chi connectivity index (χ3v) is 6.58. The molecule has 2 aromatic rings. The fraction of sp³-hybridized carbons (Fsp3) is 0.500.